The summed E-state index contributed by atoms with van der Waals surface area (Å²) < 4.78 is 0. The van der Waals surface area contributed by atoms with E-state index in [1.54, 1.807) is 0 Å². The number of fused-ring (bicyclic) bond motifs is 1. The Kier molecular flexibility index (Phi) is 6.24. The summed E-state index contributed by atoms with van der Waals surface area (Å²) in [4.78, 5) is 28.6. The van der Waals surface area contributed by atoms with E-state index in [1.165, 1.54) is 0 Å². The topological polar surface area (TPSA) is 89.8 Å². The largest absolute Gasteiger partial charge is 0.352 e. The van der Waals surface area contributed by atoms with Crippen LogP contribution in [0.5, 0.6) is 0 Å². The second-order valence-electron chi connectivity index (χ2n) is 5.92. The van der Waals surface area contributed by atoms with Crippen molar-refractivity contribution in [3.8, 4) is 0 Å². The van der Waals surface area contributed by atoms with Gasteiger partial charge in [-0.05, 0) is 49.9 Å². The zero-order chi connectivity index (χ0) is 15.4. The summed E-state index contributed by atoms with van der Waals surface area (Å²) >= 11 is 0. The van der Waals surface area contributed by atoms with Crippen LogP contribution in [-0.2, 0) is 11.2 Å². The maximum absolute atomic E-state index is 11.9. The number of amides is 1. The molecule has 23 heavy (non-hydrogen) atoms. The normalized spacial score (nSPS) is 17.7. The van der Waals surface area contributed by atoms with E-state index < -0.39 is 0 Å². The van der Waals surface area contributed by atoms with Crippen LogP contribution >= 0.6 is 12.4 Å². The monoisotopic (exact) mass is 338 g/mol. The summed E-state index contributed by atoms with van der Waals surface area (Å²) in [5.41, 5.74) is 2.58. The van der Waals surface area contributed by atoms with Crippen molar-refractivity contribution in [1.82, 2.24) is 20.6 Å². The number of carbonyl (C=O) groups excluding carboxylic acids is 1. The van der Waals surface area contributed by atoms with E-state index in [0.717, 1.165) is 55.4 Å². The minimum absolute atomic E-state index is 0. The van der Waals surface area contributed by atoms with Crippen molar-refractivity contribution in [3.05, 3.63) is 34.2 Å². The molecule has 1 saturated heterocycles. The number of aromatic nitrogens is 2. The van der Waals surface area contributed by atoms with Gasteiger partial charge in [-0.25, -0.2) is 4.79 Å². The molecule has 1 aromatic carbocycles. The van der Waals surface area contributed by atoms with Crippen molar-refractivity contribution < 1.29 is 4.79 Å². The van der Waals surface area contributed by atoms with Gasteiger partial charge in [-0.2, -0.15) is 0 Å². The van der Waals surface area contributed by atoms with Gasteiger partial charge in [0.2, 0.25) is 5.91 Å². The first-order valence-electron chi connectivity index (χ1n) is 7.92. The SMILES string of the molecule is Cl.O=C(CCCc1ccc2[nH]c(=O)[nH]c2c1)NC1CCCNC1. The van der Waals surface area contributed by atoms with Crippen molar-refractivity contribution in [2.24, 2.45) is 0 Å². The van der Waals surface area contributed by atoms with Crippen molar-refractivity contribution >= 4 is 29.3 Å². The molecule has 1 aliphatic heterocycles. The molecule has 0 saturated carbocycles. The Labute approximate surface area is 140 Å². The molecule has 1 unspecified atom stereocenters. The van der Waals surface area contributed by atoms with E-state index >= 15 is 0 Å². The number of imidazole rings is 1. The fourth-order valence-electron chi connectivity index (χ4n) is 2.96. The van der Waals surface area contributed by atoms with Crippen LogP contribution in [0.4, 0.5) is 0 Å². The average Bonchev–Trinajstić information content (AvgIpc) is 2.87. The van der Waals surface area contributed by atoms with Crippen molar-refractivity contribution in [1.29, 1.82) is 0 Å². The molecule has 126 valence electrons. The third kappa shape index (κ3) is 4.84. The van der Waals surface area contributed by atoms with Crippen molar-refractivity contribution in [2.75, 3.05) is 13.1 Å². The van der Waals surface area contributed by atoms with Gasteiger partial charge in [-0.3, -0.25) is 4.79 Å². The molecule has 7 heteroatoms. The molecule has 1 amide bonds. The standard InChI is InChI=1S/C16H22N4O2.ClH/c21-15(18-12-4-2-8-17-10-12)5-1-3-11-6-7-13-14(9-11)20-16(22)19-13;/h6-7,9,12,17H,1-5,8,10H2,(H,18,21)(H2,19,20,22);1H. The number of carbonyl (C=O) groups is 1. The molecule has 1 aromatic heterocycles. The second-order valence-corrected chi connectivity index (χ2v) is 5.92. The number of halogens is 1. The van der Waals surface area contributed by atoms with E-state index in [0.29, 0.717) is 6.42 Å². The van der Waals surface area contributed by atoms with Gasteiger partial charge in [0.1, 0.15) is 0 Å². The maximum atomic E-state index is 11.9. The van der Waals surface area contributed by atoms with Gasteiger partial charge in [0.15, 0.2) is 0 Å². The van der Waals surface area contributed by atoms with Crippen molar-refractivity contribution in [2.45, 2.75) is 38.1 Å². The van der Waals surface area contributed by atoms with Gasteiger partial charge in [0.25, 0.3) is 0 Å². The quantitative estimate of drug-likeness (QED) is 0.665. The molecule has 0 radical (unpaired) electrons. The molecule has 6 nitrogen and oxygen atoms in total. The molecule has 1 aliphatic rings. The maximum Gasteiger partial charge on any atom is 0.323 e. The van der Waals surface area contributed by atoms with E-state index in [9.17, 15) is 9.59 Å². The first-order chi connectivity index (χ1) is 10.7. The molecule has 3 rings (SSSR count). The molecule has 0 bridgehead atoms. The van der Waals surface area contributed by atoms with E-state index in [1.807, 2.05) is 18.2 Å². The first kappa shape index (κ1) is 17.6. The van der Waals surface area contributed by atoms with E-state index in [4.69, 9.17) is 0 Å². The highest BCUT2D eigenvalue weighted by Gasteiger charge is 2.14. The van der Waals surface area contributed by atoms with Crippen molar-refractivity contribution in [3.63, 3.8) is 0 Å². The lowest BCUT2D eigenvalue weighted by Gasteiger charge is -2.23. The Hall–Kier alpha value is -1.79. The Morgan fingerprint density at radius 3 is 2.87 bits per heavy atom. The summed E-state index contributed by atoms with van der Waals surface area (Å²) in [5.74, 6) is 0.129. The van der Waals surface area contributed by atoms with E-state index in [2.05, 4.69) is 20.6 Å². The van der Waals surface area contributed by atoms with Crippen LogP contribution in [0.3, 0.4) is 0 Å². The van der Waals surface area contributed by atoms with Gasteiger partial charge in [0.05, 0.1) is 11.0 Å². The number of rotatable bonds is 5. The molecule has 2 aromatic rings. The van der Waals surface area contributed by atoms with E-state index in [-0.39, 0.29) is 30.0 Å². The highest BCUT2D eigenvalue weighted by molar-refractivity contribution is 5.85. The van der Waals surface area contributed by atoms with Crippen LogP contribution < -0.4 is 16.3 Å². The number of nitrogens with one attached hydrogen (secondary N) is 4. The molecular weight excluding hydrogens is 316 g/mol. The highest BCUT2D eigenvalue weighted by Crippen LogP contribution is 2.12. The second kappa shape index (κ2) is 8.17. The van der Waals surface area contributed by atoms with Crippen LogP contribution in [0.25, 0.3) is 11.0 Å². The van der Waals surface area contributed by atoms with Gasteiger partial charge < -0.3 is 20.6 Å². The van der Waals surface area contributed by atoms with Gasteiger partial charge >= 0.3 is 5.69 Å². The molecular formula is C16H23ClN4O2. The van der Waals surface area contributed by atoms with Gasteiger partial charge in [-0.15, -0.1) is 12.4 Å². The number of aromatic amines is 2. The molecule has 0 aliphatic carbocycles. The van der Waals surface area contributed by atoms with Gasteiger partial charge in [0, 0.05) is 19.0 Å². The minimum atomic E-state index is -0.187. The van der Waals surface area contributed by atoms with Crippen LogP contribution in [0.2, 0.25) is 0 Å². The smallest absolute Gasteiger partial charge is 0.323 e. The Morgan fingerprint density at radius 2 is 2.09 bits per heavy atom. The summed E-state index contributed by atoms with van der Waals surface area (Å²) in [6, 6.07) is 6.14. The lowest BCUT2D eigenvalue weighted by Crippen LogP contribution is -2.45. The Bertz CT molecular complexity index is 703. The van der Waals surface area contributed by atoms with Crippen LogP contribution in [0, 0.1) is 0 Å². The zero-order valence-corrected chi connectivity index (χ0v) is 13.8. The number of aryl methyl sites for hydroxylation is 1. The predicted molar refractivity (Wildman–Crippen MR) is 93.1 cm³/mol. The first-order valence-corrected chi connectivity index (χ1v) is 7.92. The number of hydrogen-bond donors (Lipinski definition) is 4. The number of benzene rings is 1. The fourth-order valence-corrected chi connectivity index (χ4v) is 2.96. The van der Waals surface area contributed by atoms with Crippen LogP contribution in [-0.4, -0.2) is 35.0 Å². The number of hydrogen-bond acceptors (Lipinski definition) is 3. The van der Waals surface area contributed by atoms with Crippen LogP contribution in [0.15, 0.2) is 23.0 Å². The summed E-state index contributed by atoms with van der Waals surface area (Å²) in [6.07, 6.45) is 4.37. The molecule has 0 spiro atoms. The Balaban J connectivity index is 0.00000192. The minimum Gasteiger partial charge on any atom is -0.352 e. The lowest BCUT2D eigenvalue weighted by molar-refractivity contribution is -0.122. The average molecular weight is 339 g/mol. The predicted octanol–water partition coefficient (Wildman–Crippen LogP) is 1.47. The number of H-pyrrole nitrogens is 2. The lowest BCUT2D eigenvalue weighted by atomic mass is 10.1. The number of piperidine rings is 1. The molecule has 1 fully saturated rings. The Morgan fingerprint density at radius 1 is 1.26 bits per heavy atom. The zero-order valence-electron chi connectivity index (χ0n) is 13.0. The fraction of sp³-hybridized carbons (Fsp3) is 0.500. The summed E-state index contributed by atoms with van der Waals surface area (Å²) in [5, 5.41) is 6.38. The molecule has 4 N–H and O–H groups in total. The summed E-state index contributed by atoms with van der Waals surface area (Å²) in [7, 11) is 0. The third-order valence-corrected chi connectivity index (χ3v) is 4.11. The van der Waals surface area contributed by atoms with Crippen LogP contribution in [0.1, 0.15) is 31.2 Å². The van der Waals surface area contributed by atoms with Gasteiger partial charge in [-0.1, -0.05) is 6.07 Å². The highest BCUT2D eigenvalue weighted by atomic mass is 35.5. The molecule has 2 heterocycles. The molecule has 1 atom stereocenters. The third-order valence-electron chi connectivity index (χ3n) is 4.11. The summed E-state index contributed by atoms with van der Waals surface area (Å²) in [6.45, 7) is 1.93.